The molecular weight excluding hydrogens is 271 g/mol. The molecule has 1 aromatic heterocycles. The van der Waals surface area contributed by atoms with Gasteiger partial charge in [-0.2, -0.15) is 0 Å². The van der Waals surface area contributed by atoms with E-state index in [1.54, 1.807) is 24.3 Å². The van der Waals surface area contributed by atoms with Crippen molar-refractivity contribution >= 4 is 16.6 Å². The third-order valence-electron chi connectivity index (χ3n) is 3.54. The van der Waals surface area contributed by atoms with E-state index in [0.29, 0.717) is 18.5 Å². The molecule has 2 aromatic carbocycles. The first-order valence-electron chi connectivity index (χ1n) is 6.62. The number of nitrogens with zero attached hydrogens (tertiary/aromatic N) is 2. The summed E-state index contributed by atoms with van der Waals surface area (Å²) in [5, 5.41) is 11.8. The van der Waals surface area contributed by atoms with Crippen LogP contribution in [0.3, 0.4) is 0 Å². The van der Waals surface area contributed by atoms with Gasteiger partial charge in [0.25, 0.3) is 5.69 Å². The SMILES string of the molecule is O=[N+]([O-])c1ccccc1CCn1ccc2cc(F)ccc21. The standard InChI is InChI=1S/C16H13FN2O2/c17-14-5-6-15-13(11-14)8-10-18(15)9-7-12-3-1-2-4-16(12)19(20)21/h1-6,8,10-11H,7,9H2. The Balaban J connectivity index is 1.86. The summed E-state index contributed by atoms with van der Waals surface area (Å²) in [4.78, 5) is 10.6. The first-order chi connectivity index (χ1) is 10.1. The third-order valence-corrected chi connectivity index (χ3v) is 3.54. The van der Waals surface area contributed by atoms with Crippen LogP contribution in [0.2, 0.25) is 0 Å². The molecule has 21 heavy (non-hydrogen) atoms. The van der Waals surface area contributed by atoms with Crippen LogP contribution in [0.4, 0.5) is 10.1 Å². The number of fused-ring (bicyclic) bond motifs is 1. The fourth-order valence-corrected chi connectivity index (χ4v) is 2.51. The van der Waals surface area contributed by atoms with Crippen LogP contribution in [0.5, 0.6) is 0 Å². The Labute approximate surface area is 120 Å². The van der Waals surface area contributed by atoms with Crippen LogP contribution < -0.4 is 0 Å². The molecule has 5 heteroatoms. The summed E-state index contributed by atoms with van der Waals surface area (Å²) < 4.78 is 15.1. The Morgan fingerprint density at radius 3 is 2.76 bits per heavy atom. The molecule has 0 N–H and O–H groups in total. The van der Waals surface area contributed by atoms with Gasteiger partial charge in [-0.25, -0.2) is 4.39 Å². The lowest BCUT2D eigenvalue weighted by Crippen LogP contribution is -2.02. The molecule has 0 aliphatic rings. The average Bonchev–Trinajstić information content (AvgIpc) is 2.87. The molecule has 0 radical (unpaired) electrons. The van der Waals surface area contributed by atoms with E-state index in [1.165, 1.54) is 18.2 Å². The number of aromatic nitrogens is 1. The van der Waals surface area contributed by atoms with Crippen molar-refractivity contribution in [3.05, 3.63) is 76.2 Å². The largest absolute Gasteiger partial charge is 0.347 e. The highest BCUT2D eigenvalue weighted by atomic mass is 19.1. The summed E-state index contributed by atoms with van der Waals surface area (Å²) in [6.07, 6.45) is 2.43. The van der Waals surface area contributed by atoms with Crippen LogP contribution in [-0.2, 0) is 13.0 Å². The van der Waals surface area contributed by atoms with Crippen molar-refractivity contribution < 1.29 is 9.31 Å². The van der Waals surface area contributed by atoms with Crippen LogP contribution in [0.15, 0.2) is 54.7 Å². The second kappa shape index (κ2) is 5.36. The van der Waals surface area contributed by atoms with Gasteiger partial charge in [-0.05, 0) is 30.7 Å². The van der Waals surface area contributed by atoms with E-state index in [-0.39, 0.29) is 16.4 Å². The zero-order valence-electron chi connectivity index (χ0n) is 11.2. The molecule has 3 aromatic rings. The van der Waals surface area contributed by atoms with Crippen LogP contribution in [-0.4, -0.2) is 9.49 Å². The Hall–Kier alpha value is -2.69. The molecule has 0 unspecified atom stereocenters. The number of hydrogen-bond donors (Lipinski definition) is 0. The predicted octanol–water partition coefficient (Wildman–Crippen LogP) is 3.93. The van der Waals surface area contributed by atoms with Gasteiger partial charge in [0.15, 0.2) is 0 Å². The van der Waals surface area contributed by atoms with E-state index in [1.807, 2.05) is 16.8 Å². The quantitative estimate of drug-likeness (QED) is 0.538. The minimum absolute atomic E-state index is 0.139. The number of para-hydroxylation sites is 1. The van der Waals surface area contributed by atoms with Gasteiger partial charge in [-0.3, -0.25) is 10.1 Å². The monoisotopic (exact) mass is 284 g/mol. The molecule has 0 fully saturated rings. The number of halogens is 1. The van der Waals surface area contributed by atoms with E-state index < -0.39 is 0 Å². The van der Waals surface area contributed by atoms with E-state index in [0.717, 1.165) is 10.9 Å². The maximum atomic E-state index is 13.2. The molecule has 0 saturated carbocycles. The molecule has 0 spiro atoms. The molecule has 0 bridgehead atoms. The summed E-state index contributed by atoms with van der Waals surface area (Å²) in [7, 11) is 0. The number of aryl methyl sites for hydroxylation is 2. The normalized spacial score (nSPS) is 10.9. The summed E-state index contributed by atoms with van der Waals surface area (Å²) in [6, 6.07) is 13.2. The summed E-state index contributed by atoms with van der Waals surface area (Å²) in [5.74, 6) is -0.265. The van der Waals surface area contributed by atoms with Gasteiger partial charge in [-0.15, -0.1) is 0 Å². The van der Waals surface area contributed by atoms with Crippen molar-refractivity contribution in [2.24, 2.45) is 0 Å². The Bertz CT molecular complexity index is 811. The second-order valence-electron chi connectivity index (χ2n) is 4.85. The molecule has 0 atom stereocenters. The number of nitro benzene ring substituents is 1. The highest BCUT2D eigenvalue weighted by molar-refractivity contribution is 5.80. The average molecular weight is 284 g/mol. The first-order valence-corrected chi connectivity index (χ1v) is 6.62. The Kier molecular flexibility index (Phi) is 3.39. The van der Waals surface area contributed by atoms with E-state index >= 15 is 0 Å². The Morgan fingerprint density at radius 2 is 1.95 bits per heavy atom. The third kappa shape index (κ3) is 2.63. The fourth-order valence-electron chi connectivity index (χ4n) is 2.51. The molecule has 0 amide bonds. The van der Waals surface area contributed by atoms with Gasteiger partial charge < -0.3 is 4.57 Å². The van der Waals surface area contributed by atoms with E-state index in [9.17, 15) is 14.5 Å². The summed E-state index contributed by atoms with van der Waals surface area (Å²) >= 11 is 0. The summed E-state index contributed by atoms with van der Waals surface area (Å²) in [5.41, 5.74) is 1.77. The number of hydrogen-bond acceptors (Lipinski definition) is 2. The van der Waals surface area contributed by atoms with Crippen LogP contribution in [0.25, 0.3) is 10.9 Å². The molecule has 4 nitrogen and oxygen atoms in total. The maximum Gasteiger partial charge on any atom is 0.272 e. The van der Waals surface area contributed by atoms with Gasteiger partial charge >= 0.3 is 0 Å². The predicted molar refractivity (Wildman–Crippen MR) is 78.7 cm³/mol. The van der Waals surface area contributed by atoms with E-state index in [2.05, 4.69) is 0 Å². The van der Waals surface area contributed by atoms with Crippen molar-refractivity contribution in [2.45, 2.75) is 13.0 Å². The van der Waals surface area contributed by atoms with Crippen molar-refractivity contribution in [3.8, 4) is 0 Å². The molecule has 0 saturated heterocycles. The zero-order chi connectivity index (χ0) is 14.8. The van der Waals surface area contributed by atoms with Crippen molar-refractivity contribution in [1.82, 2.24) is 4.57 Å². The minimum Gasteiger partial charge on any atom is -0.347 e. The van der Waals surface area contributed by atoms with Crippen LogP contribution in [0.1, 0.15) is 5.56 Å². The topological polar surface area (TPSA) is 48.1 Å². The van der Waals surface area contributed by atoms with Crippen molar-refractivity contribution in [1.29, 1.82) is 0 Å². The van der Waals surface area contributed by atoms with Gasteiger partial charge in [0, 0.05) is 35.3 Å². The molecular formula is C16H13FN2O2. The number of benzene rings is 2. The van der Waals surface area contributed by atoms with E-state index in [4.69, 9.17) is 0 Å². The fraction of sp³-hybridized carbons (Fsp3) is 0.125. The van der Waals surface area contributed by atoms with Gasteiger partial charge in [0.1, 0.15) is 5.82 Å². The van der Waals surface area contributed by atoms with Crippen molar-refractivity contribution in [2.75, 3.05) is 0 Å². The van der Waals surface area contributed by atoms with Crippen molar-refractivity contribution in [3.63, 3.8) is 0 Å². The molecule has 0 aliphatic heterocycles. The molecule has 0 aliphatic carbocycles. The lowest BCUT2D eigenvalue weighted by atomic mass is 10.1. The second-order valence-corrected chi connectivity index (χ2v) is 4.85. The molecule has 1 heterocycles. The lowest BCUT2D eigenvalue weighted by molar-refractivity contribution is -0.385. The van der Waals surface area contributed by atoms with Gasteiger partial charge in [-0.1, -0.05) is 18.2 Å². The zero-order valence-corrected chi connectivity index (χ0v) is 11.2. The first kappa shape index (κ1) is 13.3. The van der Waals surface area contributed by atoms with Gasteiger partial charge in [0.05, 0.1) is 4.92 Å². The lowest BCUT2D eigenvalue weighted by Gasteiger charge is -2.06. The van der Waals surface area contributed by atoms with Crippen LogP contribution in [0, 0.1) is 15.9 Å². The summed E-state index contributed by atoms with van der Waals surface area (Å²) in [6.45, 7) is 0.611. The Morgan fingerprint density at radius 1 is 1.14 bits per heavy atom. The molecule has 106 valence electrons. The minimum atomic E-state index is -0.363. The maximum absolute atomic E-state index is 13.2. The highest BCUT2D eigenvalue weighted by Gasteiger charge is 2.12. The smallest absolute Gasteiger partial charge is 0.272 e. The number of rotatable bonds is 4. The number of nitro groups is 1. The highest BCUT2D eigenvalue weighted by Crippen LogP contribution is 2.21. The van der Waals surface area contributed by atoms with Gasteiger partial charge in [0.2, 0.25) is 0 Å². The molecule has 3 rings (SSSR count). The van der Waals surface area contributed by atoms with Crippen LogP contribution >= 0.6 is 0 Å².